The SMILES string of the molecule is Nc1cc(C(=O)NCc2ccc(F)cc2)[nH]n1. The second kappa shape index (κ2) is 4.65. The van der Waals surface area contributed by atoms with Crippen LogP contribution in [0.5, 0.6) is 0 Å². The minimum atomic E-state index is -0.307. The van der Waals surface area contributed by atoms with Gasteiger partial charge >= 0.3 is 0 Å². The number of nitrogens with zero attached hydrogens (tertiary/aromatic N) is 1. The van der Waals surface area contributed by atoms with Crippen molar-refractivity contribution in [2.24, 2.45) is 0 Å². The van der Waals surface area contributed by atoms with Crippen LogP contribution in [0.2, 0.25) is 0 Å². The standard InChI is InChI=1S/C11H11FN4O/c12-8-3-1-7(2-4-8)6-14-11(17)9-5-10(13)16-15-9/h1-5H,6H2,(H,14,17)(H3,13,15,16). The van der Waals surface area contributed by atoms with Crippen molar-refractivity contribution in [2.45, 2.75) is 6.54 Å². The molecule has 2 aromatic rings. The van der Waals surface area contributed by atoms with Crippen LogP contribution in [0.25, 0.3) is 0 Å². The normalized spacial score (nSPS) is 10.2. The zero-order chi connectivity index (χ0) is 12.3. The van der Waals surface area contributed by atoms with Gasteiger partial charge in [-0.1, -0.05) is 12.1 Å². The highest BCUT2D eigenvalue weighted by Crippen LogP contribution is 2.04. The maximum absolute atomic E-state index is 12.6. The number of hydrogen-bond donors (Lipinski definition) is 3. The molecule has 1 heterocycles. The molecule has 0 spiro atoms. The lowest BCUT2D eigenvalue weighted by molar-refractivity contribution is 0.0946. The van der Waals surface area contributed by atoms with E-state index < -0.39 is 0 Å². The number of aromatic nitrogens is 2. The number of carbonyl (C=O) groups excluding carboxylic acids is 1. The van der Waals surface area contributed by atoms with Gasteiger partial charge in [0.05, 0.1) is 0 Å². The molecule has 17 heavy (non-hydrogen) atoms. The second-order valence-electron chi connectivity index (χ2n) is 3.52. The van der Waals surface area contributed by atoms with Crippen LogP contribution < -0.4 is 11.1 Å². The molecule has 0 saturated heterocycles. The Hall–Kier alpha value is -2.37. The predicted octanol–water partition coefficient (Wildman–Crippen LogP) is 1.06. The second-order valence-corrected chi connectivity index (χ2v) is 3.52. The highest BCUT2D eigenvalue weighted by molar-refractivity contribution is 5.92. The first-order chi connectivity index (χ1) is 8.15. The first kappa shape index (κ1) is 11.1. The quantitative estimate of drug-likeness (QED) is 0.742. The summed E-state index contributed by atoms with van der Waals surface area (Å²) >= 11 is 0. The molecule has 0 bridgehead atoms. The molecule has 0 unspecified atom stereocenters. The third-order valence-electron chi connectivity index (χ3n) is 2.21. The summed E-state index contributed by atoms with van der Waals surface area (Å²) in [4.78, 5) is 11.6. The zero-order valence-corrected chi connectivity index (χ0v) is 8.90. The number of aromatic amines is 1. The number of halogens is 1. The van der Waals surface area contributed by atoms with Gasteiger partial charge in [0.25, 0.3) is 5.91 Å². The first-order valence-electron chi connectivity index (χ1n) is 4.98. The molecule has 1 aromatic heterocycles. The Morgan fingerprint density at radius 3 is 2.71 bits per heavy atom. The van der Waals surface area contributed by atoms with Crippen molar-refractivity contribution in [1.82, 2.24) is 15.5 Å². The summed E-state index contributed by atoms with van der Waals surface area (Å²) in [6, 6.07) is 7.35. The molecule has 1 amide bonds. The van der Waals surface area contributed by atoms with Gasteiger partial charge in [0, 0.05) is 12.6 Å². The van der Waals surface area contributed by atoms with Gasteiger partial charge in [-0.05, 0) is 17.7 Å². The van der Waals surface area contributed by atoms with Gasteiger partial charge in [0.2, 0.25) is 0 Å². The summed E-state index contributed by atoms with van der Waals surface area (Å²) in [5.74, 6) is -0.350. The molecular weight excluding hydrogens is 223 g/mol. The van der Waals surface area contributed by atoms with Crippen molar-refractivity contribution < 1.29 is 9.18 Å². The van der Waals surface area contributed by atoms with E-state index in [-0.39, 0.29) is 17.5 Å². The molecule has 1 aromatic carbocycles. The van der Waals surface area contributed by atoms with Gasteiger partial charge < -0.3 is 11.1 Å². The third-order valence-corrected chi connectivity index (χ3v) is 2.21. The lowest BCUT2D eigenvalue weighted by Crippen LogP contribution is -2.23. The number of carbonyl (C=O) groups is 1. The van der Waals surface area contributed by atoms with Crippen molar-refractivity contribution in [2.75, 3.05) is 5.73 Å². The summed E-state index contributed by atoms with van der Waals surface area (Å²) in [7, 11) is 0. The molecule has 0 aliphatic carbocycles. The highest BCUT2D eigenvalue weighted by Gasteiger charge is 2.07. The number of rotatable bonds is 3. The van der Waals surface area contributed by atoms with E-state index in [1.54, 1.807) is 12.1 Å². The third kappa shape index (κ3) is 2.81. The molecule has 0 fully saturated rings. The number of anilines is 1. The zero-order valence-electron chi connectivity index (χ0n) is 8.90. The number of nitrogens with two attached hydrogens (primary N) is 1. The minimum absolute atomic E-state index is 0.261. The van der Waals surface area contributed by atoms with E-state index >= 15 is 0 Å². The van der Waals surface area contributed by atoms with Crippen molar-refractivity contribution >= 4 is 11.7 Å². The maximum atomic E-state index is 12.6. The molecule has 0 atom stereocenters. The topological polar surface area (TPSA) is 83.8 Å². The molecule has 88 valence electrons. The van der Waals surface area contributed by atoms with Gasteiger partial charge in [0.1, 0.15) is 17.3 Å². The first-order valence-corrected chi connectivity index (χ1v) is 4.98. The van der Waals surface area contributed by atoms with Gasteiger partial charge in [-0.25, -0.2) is 4.39 Å². The van der Waals surface area contributed by atoms with Crippen LogP contribution in [0.15, 0.2) is 30.3 Å². The number of nitrogen functional groups attached to an aromatic ring is 1. The summed E-state index contributed by atoms with van der Waals surface area (Å²) in [5.41, 5.74) is 6.48. The molecule has 5 nitrogen and oxygen atoms in total. The Morgan fingerprint density at radius 2 is 2.12 bits per heavy atom. The Morgan fingerprint density at radius 1 is 1.41 bits per heavy atom. The largest absolute Gasteiger partial charge is 0.382 e. The Kier molecular flexibility index (Phi) is 3.04. The van der Waals surface area contributed by atoms with Crippen LogP contribution in [0.4, 0.5) is 10.2 Å². The Bertz CT molecular complexity index is 521. The summed E-state index contributed by atoms with van der Waals surface area (Å²) < 4.78 is 12.6. The van der Waals surface area contributed by atoms with E-state index in [1.807, 2.05) is 0 Å². The maximum Gasteiger partial charge on any atom is 0.269 e. The minimum Gasteiger partial charge on any atom is -0.382 e. The molecular formula is C11H11FN4O. The van der Waals surface area contributed by atoms with E-state index in [9.17, 15) is 9.18 Å². The van der Waals surface area contributed by atoms with Gasteiger partial charge in [0.15, 0.2) is 0 Å². The predicted molar refractivity (Wildman–Crippen MR) is 60.6 cm³/mol. The Balaban J connectivity index is 1.94. The lowest BCUT2D eigenvalue weighted by Gasteiger charge is -2.03. The fourth-order valence-electron chi connectivity index (χ4n) is 1.33. The smallest absolute Gasteiger partial charge is 0.269 e. The van der Waals surface area contributed by atoms with Crippen LogP contribution in [-0.2, 0) is 6.54 Å². The highest BCUT2D eigenvalue weighted by atomic mass is 19.1. The van der Waals surface area contributed by atoms with Crippen LogP contribution in [-0.4, -0.2) is 16.1 Å². The van der Waals surface area contributed by atoms with Crippen LogP contribution in [0, 0.1) is 5.82 Å². The van der Waals surface area contributed by atoms with Crippen LogP contribution in [0.3, 0.4) is 0 Å². The van der Waals surface area contributed by atoms with E-state index in [4.69, 9.17) is 5.73 Å². The van der Waals surface area contributed by atoms with Crippen LogP contribution in [0.1, 0.15) is 16.1 Å². The average Bonchev–Trinajstić information content (AvgIpc) is 2.75. The van der Waals surface area contributed by atoms with Gasteiger partial charge in [-0.3, -0.25) is 9.89 Å². The van der Waals surface area contributed by atoms with Crippen molar-refractivity contribution in [3.05, 3.63) is 47.4 Å². The molecule has 0 saturated carbocycles. The van der Waals surface area contributed by atoms with Crippen molar-refractivity contribution in [3.8, 4) is 0 Å². The molecule has 6 heteroatoms. The molecule has 0 radical (unpaired) electrons. The van der Waals surface area contributed by atoms with Crippen molar-refractivity contribution in [3.63, 3.8) is 0 Å². The fraction of sp³-hybridized carbons (Fsp3) is 0.0909. The molecule has 0 aliphatic heterocycles. The van der Waals surface area contributed by atoms with E-state index in [0.717, 1.165) is 5.56 Å². The molecule has 4 N–H and O–H groups in total. The monoisotopic (exact) mass is 234 g/mol. The number of nitrogens with one attached hydrogen (secondary N) is 2. The lowest BCUT2D eigenvalue weighted by atomic mass is 10.2. The molecule has 2 rings (SSSR count). The summed E-state index contributed by atoms with van der Waals surface area (Å²) in [5, 5.41) is 8.81. The van der Waals surface area contributed by atoms with E-state index in [2.05, 4.69) is 15.5 Å². The van der Waals surface area contributed by atoms with Gasteiger partial charge in [-0.2, -0.15) is 5.10 Å². The summed E-state index contributed by atoms with van der Waals surface area (Å²) in [6.07, 6.45) is 0. The number of benzene rings is 1. The van der Waals surface area contributed by atoms with Crippen molar-refractivity contribution in [1.29, 1.82) is 0 Å². The Labute approximate surface area is 96.8 Å². The fourth-order valence-corrected chi connectivity index (χ4v) is 1.33. The van der Waals surface area contributed by atoms with E-state index in [0.29, 0.717) is 12.2 Å². The summed E-state index contributed by atoms with van der Waals surface area (Å²) in [6.45, 7) is 0.317. The molecule has 0 aliphatic rings. The van der Waals surface area contributed by atoms with E-state index in [1.165, 1.54) is 18.2 Å². The number of hydrogen-bond acceptors (Lipinski definition) is 3. The van der Waals surface area contributed by atoms with Crippen LogP contribution >= 0.6 is 0 Å². The number of H-pyrrole nitrogens is 1. The van der Waals surface area contributed by atoms with Gasteiger partial charge in [-0.15, -0.1) is 0 Å². The average molecular weight is 234 g/mol. The number of amides is 1.